The van der Waals surface area contributed by atoms with Gasteiger partial charge >= 0.3 is 0 Å². The van der Waals surface area contributed by atoms with E-state index in [4.69, 9.17) is 5.73 Å². The van der Waals surface area contributed by atoms with Crippen LogP contribution >= 0.6 is 11.3 Å². The van der Waals surface area contributed by atoms with Crippen molar-refractivity contribution in [3.05, 3.63) is 45.6 Å². The van der Waals surface area contributed by atoms with Crippen LogP contribution < -0.4 is 5.73 Å². The summed E-state index contributed by atoms with van der Waals surface area (Å²) in [6, 6.07) is 7.89. The van der Waals surface area contributed by atoms with Crippen LogP contribution in [-0.2, 0) is 13.0 Å². The number of nitrogens with two attached hydrogens (primary N) is 1. The third-order valence-corrected chi connectivity index (χ3v) is 4.88. The van der Waals surface area contributed by atoms with Crippen molar-refractivity contribution in [2.45, 2.75) is 25.9 Å². The van der Waals surface area contributed by atoms with E-state index < -0.39 is 0 Å². The maximum absolute atomic E-state index is 9.93. The number of rotatable bonds is 2. The summed E-state index contributed by atoms with van der Waals surface area (Å²) in [6.07, 6.45) is 1.10. The fraction of sp³-hybridized carbons (Fsp3) is 0.333. The predicted molar refractivity (Wildman–Crippen MR) is 79.4 cm³/mol. The molecule has 0 amide bonds. The normalized spacial score (nSPS) is 19.3. The van der Waals surface area contributed by atoms with Crippen molar-refractivity contribution < 1.29 is 5.11 Å². The van der Waals surface area contributed by atoms with E-state index in [-0.39, 0.29) is 0 Å². The SMILES string of the molecule is CC1c2ccsc2CCN1Cc1cc(N)ccc1O. The van der Waals surface area contributed by atoms with Gasteiger partial charge in [0, 0.05) is 35.3 Å². The second-order valence-electron chi connectivity index (χ2n) is 5.08. The standard InChI is InChI=1S/C15H18N2OS/c1-10-13-5-7-19-15(13)4-6-17(10)9-11-8-12(16)2-3-14(11)18/h2-3,5,7-8,10,18H,4,6,9,16H2,1H3. The average molecular weight is 274 g/mol. The van der Waals surface area contributed by atoms with Crippen molar-refractivity contribution in [3.63, 3.8) is 0 Å². The summed E-state index contributed by atoms with van der Waals surface area (Å²) < 4.78 is 0. The Morgan fingerprint density at radius 3 is 3.11 bits per heavy atom. The number of hydrogen-bond acceptors (Lipinski definition) is 4. The first-order valence-electron chi connectivity index (χ1n) is 6.53. The Morgan fingerprint density at radius 1 is 1.42 bits per heavy atom. The van der Waals surface area contributed by atoms with Crippen LogP contribution in [0.2, 0.25) is 0 Å². The highest BCUT2D eigenvalue weighted by molar-refractivity contribution is 7.10. The van der Waals surface area contributed by atoms with E-state index in [1.807, 2.05) is 17.4 Å². The van der Waals surface area contributed by atoms with Crippen molar-refractivity contribution in [2.75, 3.05) is 12.3 Å². The van der Waals surface area contributed by atoms with Gasteiger partial charge in [0.2, 0.25) is 0 Å². The summed E-state index contributed by atoms with van der Waals surface area (Å²) in [7, 11) is 0. The first-order valence-corrected chi connectivity index (χ1v) is 7.41. The Hall–Kier alpha value is -1.52. The van der Waals surface area contributed by atoms with E-state index >= 15 is 0 Å². The molecule has 19 heavy (non-hydrogen) atoms. The number of aromatic hydroxyl groups is 1. The summed E-state index contributed by atoms with van der Waals surface area (Å²) in [5.41, 5.74) is 8.84. The molecule has 1 aliphatic heterocycles. The molecule has 0 spiro atoms. The molecule has 3 N–H and O–H groups in total. The lowest BCUT2D eigenvalue weighted by molar-refractivity contribution is 0.189. The fourth-order valence-electron chi connectivity index (χ4n) is 2.73. The van der Waals surface area contributed by atoms with Gasteiger partial charge in [0.05, 0.1) is 0 Å². The number of anilines is 1. The molecule has 0 saturated carbocycles. The molecule has 0 bridgehead atoms. The Labute approximate surface area is 117 Å². The summed E-state index contributed by atoms with van der Waals surface area (Å²) in [4.78, 5) is 3.89. The molecule has 0 aliphatic carbocycles. The highest BCUT2D eigenvalue weighted by Crippen LogP contribution is 2.34. The van der Waals surface area contributed by atoms with E-state index in [2.05, 4.69) is 23.3 Å². The Morgan fingerprint density at radius 2 is 2.26 bits per heavy atom. The minimum absolute atomic E-state index is 0.331. The molecule has 2 aromatic rings. The van der Waals surface area contributed by atoms with Gasteiger partial charge in [0.25, 0.3) is 0 Å². The molecular formula is C15H18N2OS. The molecule has 1 aromatic heterocycles. The summed E-state index contributed by atoms with van der Waals surface area (Å²) in [5, 5.41) is 12.1. The number of thiophene rings is 1. The van der Waals surface area contributed by atoms with Crippen molar-refractivity contribution >= 4 is 17.0 Å². The first kappa shape index (κ1) is 12.5. The van der Waals surface area contributed by atoms with Crippen LogP contribution in [0.3, 0.4) is 0 Å². The number of benzene rings is 1. The molecule has 3 rings (SSSR count). The van der Waals surface area contributed by atoms with E-state index in [0.717, 1.165) is 25.1 Å². The molecule has 1 aromatic carbocycles. The number of phenols is 1. The lowest BCUT2D eigenvalue weighted by Crippen LogP contribution is -2.32. The van der Waals surface area contributed by atoms with Crippen LogP contribution in [0.5, 0.6) is 5.75 Å². The van der Waals surface area contributed by atoms with Gasteiger partial charge in [0.1, 0.15) is 5.75 Å². The predicted octanol–water partition coefficient (Wildman–Crippen LogP) is 3.16. The second kappa shape index (κ2) is 4.87. The van der Waals surface area contributed by atoms with E-state index in [1.54, 1.807) is 12.1 Å². The quantitative estimate of drug-likeness (QED) is 0.653. The minimum Gasteiger partial charge on any atom is -0.508 e. The highest BCUT2D eigenvalue weighted by atomic mass is 32.1. The van der Waals surface area contributed by atoms with Gasteiger partial charge in [-0.05, 0) is 48.6 Å². The fourth-order valence-corrected chi connectivity index (χ4v) is 3.69. The van der Waals surface area contributed by atoms with Crippen molar-refractivity contribution in [3.8, 4) is 5.75 Å². The van der Waals surface area contributed by atoms with E-state index in [1.165, 1.54) is 10.4 Å². The molecule has 4 heteroatoms. The topological polar surface area (TPSA) is 49.5 Å². The molecule has 1 unspecified atom stereocenters. The number of hydrogen-bond donors (Lipinski definition) is 2. The van der Waals surface area contributed by atoms with Gasteiger partial charge in [-0.2, -0.15) is 0 Å². The van der Waals surface area contributed by atoms with Crippen LogP contribution in [0.15, 0.2) is 29.6 Å². The lowest BCUT2D eigenvalue weighted by atomic mass is 10.0. The second-order valence-corrected chi connectivity index (χ2v) is 6.08. The van der Waals surface area contributed by atoms with E-state index in [9.17, 15) is 5.11 Å². The lowest BCUT2D eigenvalue weighted by Gasteiger charge is -2.33. The van der Waals surface area contributed by atoms with Crippen LogP contribution in [0.1, 0.15) is 29.0 Å². The summed E-state index contributed by atoms with van der Waals surface area (Å²) >= 11 is 1.85. The zero-order chi connectivity index (χ0) is 13.4. The smallest absolute Gasteiger partial charge is 0.120 e. The van der Waals surface area contributed by atoms with Gasteiger partial charge in [-0.25, -0.2) is 0 Å². The van der Waals surface area contributed by atoms with Crippen LogP contribution in [-0.4, -0.2) is 16.6 Å². The maximum Gasteiger partial charge on any atom is 0.120 e. The van der Waals surface area contributed by atoms with Gasteiger partial charge < -0.3 is 10.8 Å². The molecule has 2 heterocycles. The Bertz CT molecular complexity index is 594. The first-order chi connectivity index (χ1) is 9.15. The Kier molecular flexibility index (Phi) is 3.21. The molecule has 3 nitrogen and oxygen atoms in total. The van der Waals surface area contributed by atoms with Crippen molar-refractivity contribution in [1.29, 1.82) is 0 Å². The van der Waals surface area contributed by atoms with Crippen molar-refractivity contribution in [2.24, 2.45) is 0 Å². The van der Waals surface area contributed by atoms with E-state index in [0.29, 0.717) is 17.5 Å². The average Bonchev–Trinajstić information content (AvgIpc) is 2.86. The van der Waals surface area contributed by atoms with Crippen LogP contribution in [0.4, 0.5) is 5.69 Å². The summed E-state index contributed by atoms with van der Waals surface area (Å²) in [5.74, 6) is 0.331. The number of nitrogen functional groups attached to an aromatic ring is 1. The van der Waals surface area contributed by atoms with Crippen molar-refractivity contribution in [1.82, 2.24) is 4.90 Å². The molecule has 100 valence electrons. The van der Waals surface area contributed by atoms with Gasteiger partial charge in [-0.1, -0.05) is 0 Å². The maximum atomic E-state index is 9.93. The Balaban J connectivity index is 1.83. The van der Waals surface area contributed by atoms with Crippen LogP contribution in [0.25, 0.3) is 0 Å². The molecule has 1 aliphatic rings. The van der Waals surface area contributed by atoms with Gasteiger partial charge in [0.15, 0.2) is 0 Å². The number of phenolic OH excluding ortho intramolecular Hbond substituents is 1. The zero-order valence-electron chi connectivity index (χ0n) is 11.0. The molecule has 1 atom stereocenters. The number of fused-ring (bicyclic) bond motifs is 1. The van der Waals surface area contributed by atoms with Gasteiger partial charge in [-0.3, -0.25) is 4.90 Å². The summed E-state index contributed by atoms with van der Waals surface area (Å²) in [6.45, 7) is 4.00. The molecule has 0 fully saturated rings. The van der Waals surface area contributed by atoms with Gasteiger partial charge in [-0.15, -0.1) is 11.3 Å². The molecule has 0 saturated heterocycles. The monoisotopic (exact) mass is 274 g/mol. The molecular weight excluding hydrogens is 256 g/mol. The van der Waals surface area contributed by atoms with Crippen LogP contribution in [0, 0.1) is 0 Å². The minimum atomic E-state index is 0.331. The number of nitrogens with zero attached hydrogens (tertiary/aromatic N) is 1. The zero-order valence-corrected chi connectivity index (χ0v) is 11.8. The largest absolute Gasteiger partial charge is 0.508 e. The molecule has 0 radical (unpaired) electrons. The highest BCUT2D eigenvalue weighted by Gasteiger charge is 2.25. The third-order valence-electron chi connectivity index (χ3n) is 3.88. The third kappa shape index (κ3) is 2.33.